The lowest BCUT2D eigenvalue weighted by Gasteiger charge is -2.08. The van der Waals surface area contributed by atoms with Gasteiger partial charge in [0.05, 0.1) is 31.4 Å². The molecular weight excluding hydrogens is 406 g/mol. The molecule has 1 aromatic carbocycles. The number of rotatable bonds is 6. The van der Waals surface area contributed by atoms with Gasteiger partial charge in [0, 0.05) is 11.0 Å². The van der Waals surface area contributed by atoms with Crippen molar-refractivity contribution in [1.29, 1.82) is 0 Å². The number of aromatic nitrogens is 1. The zero-order valence-electron chi connectivity index (χ0n) is 14.1. The van der Waals surface area contributed by atoms with Gasteiger partial charge in [-0.1, -0.05) is 12.1 Å². The highest BCUT2D eigenvalue weighted by molar-refractivity contribution is 8.02. The molecule has 0 unspecified atom stereocenters. The van der Waals surface area contributed by atoms with Gasteiger partial charge in [0.1, 0.15) is 5.75 Å². The highest BCUT2D eigenvalue weighted by Gasteiger charge is 2.21. The standard InChI is InChI=1S/C17H15N3O4S3/c1-25-10-5-3-2-4-8(10)19-12(23)7-26-17-13(16(18)24)14-15(27-17)9(21)6-11(22)20-14/h2-6H,7H2,1H3,(H2,18,24)(H,19,23)(H2,20,21,22). The number of thiophene rings is 1. The van der Waals surface area contributed by atoms with Crippen LogP contribution in [0.5, 0.6) is 5.75 Å². The van der Waals surface area contributed by atoms with Gasteiger partial charge in [0.25, 0.3) is 11.5 Å². The second kappa shape index (κ2) is 8.07. The number of amides is 2. The van der Waals surface area contributed by atoms with Crippen molar-refractivity contribution in [2.24, 2.45) is 5.73 Å². The minimum absolute atomic E-state index is 0.0425. The van der Waals surface area contributed by atoms with Crippen LogP contribution in [0.1, 0.15) is 10.4 Å². The zero-order chi connectivity index (χ0) is 19.6. The van der Waals surface area contributed by atoms with Gasteiger partial charge in [-0.3, -0.25) is 14.4 Å². The highest BCUT2D eigenvalue weighted by Crippen LogP contribution is 2.40. The lowest BCUT2D eigenvalue weighted by molar-refractivity contribution is -0.113. The Morgan fingerprint density at radius 2 is 2.07 bits per heavy atom. The molecule has 140 valence electrons. The third kappa shape index (κ3) is 4.12. The van der Waals surface area contributed by atoms with Crippen LogP contribution < -0.4 is 16.6 Å². The molecule has 0 saturated carbocycles. The van der Waals surface area contributed by atoms with Crippen LogP contribution in [0.4, 0.5) is 5.69 Å². The molecule has 27 heavy (non-hydrogen) atoms. The third-order valence-electron chi connectivity index (χ3n) is 3.59. The monoisotopic (exact) mass is 421 g/mol. The summed E-state index contributed by atoms with van der Waals surface area (Å²) in [4.78, 5) is 39.2. The number of anilines is 1. The number of nitrogens with two attached hydrogens (primary N) is 1. The normalized spacial score (nSPS) is 10.9. The number of pyridine rings is 1. The number of carbonyl (C=O) groups excluding carboxylic acids is 2. The van der Waals surface area contributed by atoms with Crippen LogP contribution in [0.15, 0.2) is 44.2 Å². The molecule has 0 saturated heterocycles. The van der Waals surface area contributed by atoms with Crippen LogP contribution >= 0.6 is 34.9 Å². The Labute approximate surface area is 166 Å². The number of carbonyl (C=O) groups is 2. The van der Waals surface area contributed by atoms with E-state index in [0.29, 0.717) is 14.6 Å². The average Bonchev–Trinajstić information content (AvgIpc) is 2.99. The number of hydrogen-bond donors (Lipinski definition) is 4. The van der Waals surface area contributed by atoms with Crippen molar-refractivity contribution >= 4 is 62.6 Å². The minimum atomic E-state index is -0.738. The highest BCUT2D eigenvalue weighted by atomic mass is 32.2. The van der Waals surface area contributed by atoms with Gasteiger partial charge in [0.2, 0.25) is 5.91 Å². The maximum Gasteiger partial charge on any atom is 0.252 e. The van der Waals surface area contributed by atoms with Gasteiger partial charge < -0.3 is 21.1 Å². The van der Waals surface area contributed by atoms with Crippen molar-refractivity contribution in [1.82, 2.24) is 4.98 Å². The quantitative estimate of drug-likeness (QED) is 0.454. The number of hydrogen-bond acceptors (Lipinski definition) is 7. The SMILES string of the molecule is CSc1ccccc1NC(=O)CSc1sc2c(O)cc(=O)[nH]c2c1C(N)=O. The van der Waals surface area contributed by atoms with Crippen molar-refractivity contribution in [2.45, 2.75) is 9.10 Å². The van der Waals surface area contributed by atoms with Crippen LogP contribution in [0.2, 0.25) is 0 Å². The molecule has 10 heteroatoms. The largest absolute Gasteiger partial charge is 0.506 e. The first-order chi connectivity index (χ1) is 12.9. The molecule has 3 aromatic rings. The van der Waals surface area contributed by atoms with Gasteiger partial charge in [-0.25, -0.2) is 0 Å². The molecule has 0 aliphatic rings. The van der Waals surface area contributed by atoms with Crippen molar-refractivity contribution in [3.8, 4) is 5.75 Å². The third-order valence-corrected chi connectivity index (χ3v) is 6.87. The molecule has 5 N–H and O–H groups in total. The van der Waals surface area contributed by atoms with Crippen molar-refractivity contribution in [3.05, 3.63) is 46.2 Å². The van der Waals surface area contributed by atoms with Crippen LogP contribution in [0.3, 0.4) is 0 Å². The summed E-state index contributed by atoms with van der Waals surface area (Å²) in [6.45, 7) is 0. The molecule has 2 aromatic heterocycles. The van der Waals surface area contributed by atoms with E-state index >= 15 is 0 Å². The Bertz CT molecular complexity index is 1090. The fourth-order valence-electron chi connectivity index (χ4n) is 2.45. The fraction of sp³-hybridized carbons (Fsp3) is 0.118. The van der Waals surface area contributed by atoms with Gasteiger partial charge in [-0.15, -0.1) is 34.9 Å². The first-order valence-electron chi connectivity index (χ1n) is 7.65. The maximum absolute atomic E-state index is 12.3. The molecule has 0 atom stereocenters. The number of aromatic amines is 1. The summed E-state index contributed by atoms with van der Waals surface area (Å²) in [6, 6.07) is 8.47. The van der Waals surface area contributed by atoms with Gasteiger partial charge in [-0.05, 0) is 18.4 Å². The van der Waals surface area contributed by atoms with Crippen LogP contribution in [0.25, 0.3) is 10.2 Å². The van der Waals surface area contributed by atoms with E-state index < -0.39 is 11.5 Å². The van der Waals surface area contributed by atoms with E-state index in [1.807, 2.05) is 30.5 Å². The number of fused-ring (bicyclic) bond motifs is 1. The first-order valence-corrected chi connectivity index (χ1v) is 10.7. The summed E-state index contributed by atoms with van der Waals surface area (Å²) >= 11 is 3.75. The number of nitrogens with one attached hydrogen (secondary N) is 2. The van der Waals surface area contributed by atoms with Crippen LogP contribution in [-0.4, -0.2) is 33.9 Å². The summed E-state index contributed by atoms with van der Waals surface area (Å²) in [5.74, 6) is -1.17. The molecule has 0 radical (unpaired) electrons. The number of primary amides is 1. The van der Waals surface area contributed by atoms with E-state index in [0.717, 1.165) is 34.1 Å². The number of para-hydroxylation sites is 1. The molecule has 2 amide bonds. The predicted octanol–water partition coefficient (Wildman–Crippen LogP) is 2.85. The predicted molar refractivity (Wildman–Crippen MR) is 110 cm³/mol. The molecular formula is C17H15N3O4S3. The van der Waals surface area contributed by atoms with Crippen LogP contribution in [0, 0.1) is 0 Å². The number of benzene rings is 1. The Morgan fingerprint density at radius 1 is 1.33 bits per heavy atom. The zero-order valence-corrected chi connectivity index (χ0v) is 16.5. The summed E-state index contributed by atoms with van der Waals surface area (Å²) < 4.78 is 0.807. The van der Waals surface area contributed by atoms with E-state index in [2.05, 4.69) is 10.3 Å². The molecule has 7 nitrogen and oxygen atoms in total. The Kier molecular flexibility index (Phi) is 5.78. The number of aromatic hydroxyl groups is 1. The lowest BCUT2D eigenvalue weighted by Crippen LogP contribution is -2.16. The lowest BCUT2D eigenvalue weighted by atomic mass is 10.2. The smallest absolute Gasteiger partial charge is 0.252 e. The van der Waals surface area contributed by atoms with Crippen molar-refractivity contribution in [3.63, 3.8) is 0 Å². The van der Waals surface area contributed by atoms with E-state index in [9.17, 15) is 19.5 Å². The van der Waals surface area contributed by atoms with Gasteiger partial charge in [-0.2, -0.15) is 0 Å². The van der Waals surface area contributed by atoms with Crippen molar-refractivity contribution in [2.75, 3.05) is 17.3 Å². The molecule has 0 fully saturated rings. The molecule has 0 aliphatic carbocycles. The second-order valence-corrected chi connectivity index (χ2v) is 8.50. The van der Waals surface area contributed by atoms with E-state index in [1.165, 1.54) is 11.8 Å². The maximum atomic E-state index is 12.3. The number of H-pyrrole nitrogens is 1. The summed E-state index contributed by atoms with van der Waals surface area (Å²) in [5.41, 5.74) is 5.90. The molecule has 2 heterocycles. The van der Waals surface area contributed by atoms with Gasteiger partial charge in [0.15, 0.2) is 0 Å². The van der Waals surface area contributed by atoms with E-state index in [4.69, 9.17) is 5.73 Å². The second-order valence-electron chi connectivity index (χ2n) is 5.39. The Hall–Kier alpha value is -2.43. The molecule has 0 bridgehead atoms. The fourth-order valence-corrected chi connectivity index (χ4v) is 5.26. The first kappa shape index (κ1) is 19.3. The number of thioether (sulfide) groups is 2. The topological polar surface area (TPSA) is 125 Å². The van der Waals surface area contributed by atoms with Crippen LogP contribution in [-0.2, 0) is 4.79 Å². The Morgan fingerprint density at radius 3 is 2.78 bits per heavy atom. The van der Waals surface area contributed by atoms with Gasteiger partial charge >= 0.3 is 0 Å². The molecule has 0 aliphatic heterocycles. The minimum Gasteiger partial charge on any atom is -0.506 e. The average molecular weight is 422 g/mol. The summed E-state index contributed by atoms with van der Waals surface area (Å²) in [7, 11) is 0. The van der Waals surface area contributed by atoms with Crippen molar-refractivity contribution < 1.29 is 14.7 Å². The van der Waals surface area contributed by atoms with E-state index in [1.54, 1.807) is 0 Å². The Balaban J connectivity index is 1.83. The summed E-state index contributed by atoms with van der Waals surface area (Å²) in [6.07, 6.45) is 1.92. The molecule has 0 spiro atoms. The molecule has 3 rings (SSSR count). The summed E-state index contributed by atoms with van der Waals surface area (Å²) in [5, 5.41) is 12.8. The van der Waals surface area contributed by atoms with E-state index in [-0.39, 0.29) is 28.5 Å².